The number of imide groups is 1. The van der Waals surface area contributed by atoms with Gasteiger partial charge in [-0.1, -0.05) is 28.9 Å². The van der Waals surface area contributed by atoms with E-state index in [1.807, 2.05) is 0 Å². The summed E-state index contributed by atoms with van der Waals surface area (Å²) in [5, 5.41) is 11.8. The first-order valence-corrected chi connectivity index (χ1v) is 12.4. The van der Waals surface area contributed by atoms with Crippen LogP contribution in [0.3, 0.4) is 0 Å². The summed E-state index contributed by atoms with van der Waals surface area (Å²) in [6, 6.07) is 9.65. The van der Waals surface area contributed by atoms with Gasteiger partial charge in [0.2, 0.25) is 0 Å². The van der Waals surface area contributed by atoms with Crippen molar-refractivity contribution in [2.45, 2.75) is 4.90 Å². The summed E-state index contributed by atoms with van der Waals surface area (Å²) in [7, 11) is -3.69. The first-order valence-electron chi connectivity index (χ1n) is 9.26. The Hall–Kier alpha value is -3.61. The van der Waals surface area contributed by atoms with E-state index in [0.29, 0.717) is 5.69 Å². The van der Waals surface area contributed by atoms with Crippen molar-refractivity contribution < 1.29 is 18.0 Å². The zero-order valence-corrected chi connectivity index (χ0v) is 19.3. The number of carbonyl (C=O) groups is 2. The van der Waals surface area contributed by atoms with E-state index in [-0.39, 0.29) is 26.3 Å². The first kappa shape index (κ1) is 22.6. The molecule has 2 heterocycles. The average molecular weight is 503 g/mol. The molecule has 10 nitrogen and oxygen atoms in total. The van der Waals surface area contributed by atoms with Gasteiger partial charge in [-0.15, -0.1) is 16.4 Å². The van der Waals surface area contributed by atoms with E-state index >= 15 is 0 Å². The lowest BCUT2D eigenvalue weighted by Crippen LogP contribution is -2.41. The summed E-state index contributed by atoms with van der Waals surface area (Å²) >= 11 is 7.30. The van der Waals surface area contributed by atoms with E-state index in [1.54, 1.807) is 29.8 Å². The monoisotopic (exact) mass is 502 g/mol. The van der Waals surface area contributed by atoms with E-state index in [9.17, 15) is 18.0 Å². The standard InChI is InChI=1S/C20H15ClN6O4S2/c1-33(30,31)17-5-3-2-4-16(17)27(20-22-9-11-32-20)19(29)24-18(28)14-12-13(6-7-15(14)21)26-10-8-23-25-26/h2-12H,1H3,(H,24,28,29). The van der Waals surface area contributed by atoms with Crippen LogP contribution in [0.2, 0.25) is 5.02 Å². The maximum absolute atomic E-state index is 13.2. The topological polar surface area (TPSA) is 127 Å². The lowest BCUT2D eigenvalue weighted by molar-refractivity contribution is 0.0966. The van der Waals surface area contributed by atoms with Crippen molar-refractivity contribution in [3.63, 3.8) is 0 Å². The van der Waals surface area contributed by atoms with Crippen molar-refractivity contribution in [3.8, 4) is 5.69 Å². The quantitative estimate of drug-likeness (QED) is 0.442. The minimum Gasteiger partial charge on any atom is -0.273 e. The van der Waals surface area contributed by atoms with Crippen molar-refractivity contribution in [3.05, 3.63) is 77.0 Å². The maximum Gasteiger partial charge on any atom is 0.335 e. The number of nitrogens with one attached hydrogen (secondary N) is 1. The predicted octanol–water partition coefficient (Wildman–Crippen LogP) is 3.47. The second kappa shape index (κ2) is 9.10. The van der Waals surface area contributed by atoms with Crippen molar-refractivity contribution >= 4 is 55.5 Å². The summed E-state index contributed by atoms with van der Waals surface area (Å²) in [4.78, 5) is 31.2. The number of hydrogen-bond acceptors (Lipinski definition) is 8. The molecule has 0 saturated carbocycles. The zero-order chi connectivity index (χ0) is 23.6. The number of thiazole rings is 1. The van der Waals surface area contributed by atoms with Crippen molar-refractivity contribution in [2.24, 2.45) is 0 Å². The molecule has 0 bridgehead atoms. The predicted molar refractivity (Wildman–Crippen MR) is 123 cm³/mol. The molecule has 1 N–H and O–H groups in total. The Morgan fingerprint density at radius 2 is 1.94 bits per heavy atom. The second-order valence-electron chi connectivity index (χ2n) is 6.66. The maximum atomic E-state index is 13.2. The van der Waals surface area contributed by atoms with Gasteiger partial charge in [-0.25, -0.2) is 27.8 Å². The van der Waals surface area contributed by atoms with Gasteiger partial charge in [-0.2, -0.15) is 0 Å². The Morgan fingerprint density at radius 3 is 2.61 bits per heavy atom. The molecule has 4 rings (SSSR count). The number of para-hydroxylation sites is 1. The number of nitrogens with zero attached hydrogens (tertiary/aromatic N) is 5. The summed E-state index contributed by atoms with van der Waals surface area (Å²) in [6.07, 6.45) is 5.55. The third kappa shape index (κ3) is 4.77. The molecule has 0 unspecified atom stereocenters. The van der Waals surface area contributed by atoms with Crippen molar-refractivity contribution in [2.75, 3.05) is 11.2 Å². The average Bonchev–Trinajstić information content (AvgIpc) is 3.48. The molecule has 33 heavy (non-hydrogen) atoms. The number of amides is 3. The zero-order valence-electron chi connectivity index (χ0n) is 16.9. The first-order chi connectivity index (χ1) is 15.8. The minimum atomic E-state index is -3.69. The highest BCUT2D eigenvalue weighted by molar-refractivity contribution is 7.90. The molecule has 0 aliphatic heterocycles. The molecule has 3 amide bonds. The van der Waals surface area contributed by atoms with Gasteiger partial charge in [0.05, 0.1) is 39.3 Å². The number of aromatic nitrogens is 4. The number of benzene rings is 2. The van der Waals surface area contributed by atoms with Crippen LogP contribution in [0.4, 0.5) is 15.6 Å². The molecule has 0 fully saturated rings. The van der Waals surface area contributed by atoms with Gasteiger partial charge in [0.15, 0.2) is 15.0 Å². The van der Waals surface area contributed by atoms with Crippen LogP contribution in [0.5, 0.6) is 0 Å². The summed E-state index contributed by atoms with van der Waals surface area (Å²) in [6.45, 7) is 0. The Labute approximate surface area is 197 Å². The lowest BCUT2D eigenvalue weighted by atomic mass is 10.2. The Morgan fingerprint density at radius 1 is 1.15 bits per heavy atom. The molecule has 0 aliphatic carbocycles. The molecule has 0 saturated heterocycles. The molecular weight excluding hydrogens is 488 g/mol. The summed E-state index contributed by atoms with van der Waals surface area (Å²) < 4.78 is 26.1. The highest BCUT2D eigenvalue weighted by atomic mass is 35.5. The summed E-state index contributed by atoms with van der Waals surface area (Å²) in [5.74, 6) is -0.787. The van der Waals surface area contributed by atoms with Crippen LogP contribution in [0.25, 0.3) is 5.69 Å². The van der Waals surface area contributed by atoms with Gasteiger partial charge in [0.1, 0.15) is 0 Å². The normalized spacial score (nSPS) is 11.2. The van der Waals surface area contributed by atoms with Gasteiger partial charge in [0.25, 0.3) is 5.91 Å². The summed E-state index contributed by atoms with van der Waals surface area (Å²) in [5.41, 5.74) is 0.588. The largest absolute Gasteiger partial charge is 0.335 e. The van der Waals surface area contributed by atoms with Crippen LogP contribution in [-0.2, 0) is 9.84 Å². The van der Waals surface area contributed by atoms with Crippen LogP contribution in [0.15, 0.2) is 71.3 Å². The molecular formula is C20H15ClN6O4S2. The Bertz CT molecular complexity index is 1420. The van der Waals surface area contributed by atoms with Gasteiger partial charge in [0, 0.05) is 17.8 Å². The van der Waals surface area contributed by atoms with Crippen LogP contribution in [0, 0.1) is 0 Å². The van der Waals surface area contributed by atoms with Crippen molar-refractivity contribution in [1.29, 1.82) is 0 Å². The molecule has 168 valence electrons. The molecule has 0 radical (unpaired) electrons. The number of anilines is 2. The number of urea groups is 1. The van der Waals surface area contributed by atoms with Crippen LogP contribution < -0.4 is 10.2 Å². The number of carbonyl (C=O) groups excluding carboxylic acids is 2. The highest BCUT2D eigenvalue weighted by Crippen LogP contribution is 2.33. The molecule has 13 heteroatoms. The van der Waals surface area contributed by atoms with E-state index in [4.69, 9.17) is 11.6 Å². The third-order valence-corrected chi connectivity index (χ3v) is 6.65. The fraction of sp³-hybridized carbons (Fsp3) is 0.0500. The van der Waals surface area contributed by atoms with Crippen molar-refractivity contribution in [1.82, 2.24) is 25.3 Å². The lowest BCUT2D eigenvalue weighted by Gasteiger charge is -2.22. The Kier molecular flexibility index (Phi) is 6.22. The smallest absolute Gasteiger partial charge is 0.273 e. The SMILES string of the molecule is CS(=O)(=O)c1ccccc1N(C(=O)NC(=O)c1cc(-n2ccnn2)ccc1Cl)c1nccs1. The van der Waals surface area contributed by atoms with Gasteiger partial charge >= 0.3 is 6.03 Å². The number of sulfone groups is 1. The van der Waals surface area contributed by atoms with E-state index in [1.165, 1.54) is 41.3 Å². The molecule has 0 spiro atoms. The molecule has 4 aromatic rings. The van der Waals surface area contributed by atoms with E-state index < -0.39 is 21.8 Å². The number of hydrogen-bond donors (Lipinski definition) is 1. The Balaban J connectivity index is 1.70. The van der Waals surface area contributed by atoms with E-state index in [0.717, 1.165) is 22.5 Å². The molecule has 0 atom stereocenters. The van der Waals surface area contributed by atoms with Gasteiger partial charge < -0.3 is 0 Å². The van der Waals surface area contributed by atoms with Crippen LogP contribution >= 0.6 is 22.9 Å². The third-order valence-electron chi connectivity index (χ3n) is 4.42. The fourth-order valence-electron chi connectivity index (χ4n) is 2.98. The van der Waals surface area contributed by atoms with Gasteiger partial charge in [-0.05, 0) is 30.3 Å². The highest BCUT2D eigenvalue weighted by Gasteiger charge is 2.28. The van der Waals surface area contributed by atoms with E-state index in [2.05, 4.69) is 20.6 Å². The fourth-order valence-corrected chi connectivity index (χ4v) is 4.70. The molecule has 2 aromatic carbocycles. The molecule has 2 aromatic heterocycles. The van der Waals surface area contributed by atoms with Crippen LogP contribution in [0.1, 0.15) is 10.4 Å². The second-order valence-corrected chi connectivity index (χ2v) is 9.93. The molecule has 0 aliphatic rings. The number of halogens is 1. The minimum absolute atomic E-state index is 0.0218. The number of rotatable bonds is 5. The van der Waals surface area contributed by atoms with Crippen LogP contribution in [-0.4, -0.2) is 46.6 Å². The van der Waals surface area contributed by atoms with Gasteiger partial charge in [-0.3, -0.25) is 10.1 Å².